The number of nitrogens with zero attached hydrogens (tertiary/aromatic N) is 3. The van der Waals surface area contributed by atoms with Crippen molar-refractivity contribution < 1.29 is 9.59 Å². The first-order chi connectivity index (χ1) is 11.6. The Morgan fingerprint density at radius 3 is 2.21 bits per heavy atom. The van der Waals surface area contributed by atoms with Crippen LogP contribution in [0.5, 0.6) is 0 Å². The van der Waals surface area contributed by atoms with E-state index in [9.17, 15) is 9.59 Å². The molecule has 1 aliphatic heterocycles. The van der Waals surface area contributed by atoms with E-state index >= 15 is 0 Å². The number of carbonyl (C=O) groups is 2. The van der Waals surface area contributed by atoms with Crippen molar-refractivity contribution in [1.29, 1.82) is 0 Å². The number of amides is 2. The number of benzene rings is 2. The van der Waals surface area contributed by atoms with E-state index in [1.807, 2.05) is 6.92 Å². The molecule has 4 rings (SSSR count). The highest BCUT2D eigenvalue weighted by atomic mass is 35.5. The molecule has 2 amide bonds. The molecule has 118 valence electrons. The average Bonchev–Trinajstić information content (AvgIpc) is 3.10. The molecule has 0 bridgehead atoms. The van der Waals surface area contributed by atoms with E-state index in [0.29, 0.717) is 27.5 Å². The minimum Gasteiger partial charge on any atom is -0.268 e. The molecule has 0 saturated heterocycles. The summed E-state index contributed by atoms with van der Waals surface area (Å²) in [7, 11) is 0. The van der Waals surface area contributed by atoms with E-state index in [4.69, 9.17) is 11.6 Å². The van der Waals surface area contributed by atoms with Gasteiger partial charge in [-0.3, -0.25) is 9.59 Å². The Labute approximate surface area is 143 Å². The lowest BCUT2D eigenvalue weighted by atomic mass is 10.1. The average molecular weight is 338 g/mol. The fraction of sp³-hybridized carbons (Fsp3) is 0.0556. The summed E-state index contributed by atoms with van der Waals surface area (Å²) in [5, 5.41) is 4.67. The first-order valence-corrected chi connectivity index (χ1v) is 7.73. The van der Waals surface area contributed by atoms with Gasteiger partial charge in [-0.2, -0.15) is 5.10 Å². The van der Waals surface area contributed by atoms with Gasteiger partial charge in [-0.25, -0.2) is 9.58 Å². The van der Waals surface area contributed by atoms with E-state index in [-0.39, 0.29) is 11.8 Å². The molecule has 0 aliphatic carbocycles. The fourth-order valence-electron chi connectivity index (χ4n) is 2.85. The third-order valence-corrected chi connectivity index (χ3v) is 4.25. The van der Waals surface area contributed by atoms with Crippen molar-refractivity contribution in [2.24, 2.45) is 0 Å². The quantitative estimate of drug-likeness (QED) is 0.671. The number of rotatable bonds is 2. The largest absolute Gasteiger partial charge is 0.268 e. The van der Waals surface area contributed by atoms with Gasteiger partial charge in [-0.1, -0.05) is 29.8 Å². The van der Waals surface area contributed by atoms with Gasteiger partial charge >= 0.3 is 0 Å². The second-order valence-electron chi connectivity index (χ2n) is 5.56. The van der Waals surface area contributed by atoms with Crippen LogP contribution < -0.4 is 4.90 Å². The number of aryl methyl sites for hydroxylation is 1. The van der Waals surface area contributed by atoms with Gasteiger partial charge < -0.3 is 0 Å². The normalized spacial score (nSPS) is 13.5. The van der Waals surface area contributed by atoms with Crippen molar-refractivity contribution in [2.45, 2.75) is 6.92 Å². The maximum atomic E-state index is 12.7. The van der Waals surface area contributed by atoms with Gasteiger partial charge in [0.05, 0.1) is 28.0 Å². The van der Waals surface area contributed by atoms with Crippen molar-refractivity contribution in [3.05, 3.63) is 76.6 Å². The van der Waals surface area contributed by atoms with Crippen LogP contribution in [0.15, 0.2) is 54.9 Å². The van der Waals surface area contributed by atoms with E-state index in [2.05, 4.69) is 5.10 Å². The van der Waals surface area contributed by atoms with Gasteiger partial charge in [0.15, 0.2) is 0 Å². The highest BCUT2D eigenvalue weighted by molar-refractivity contribution is 6.37. The van der Waals surface area contributed by atoms with Gasteiger partial charge in [-0.05, 0) is 36.8 Å². The summed E-state index contributed by atoms with van der Waals surface area (Å²) >= 11 is 6.35. The topological polar surface area (TPSA) is 55.2 Å². The highest BCUT2D eigenvalue weighted by Crippen LogP contribution is 2.36. The van der Waals surface area contributed by atoms with Crippen LogP contribution in [-0.4, -0.2) is 21.6 Å². The predicted octanol–water partition coefficient (Wildman–Crippen LogP) is 3.63. The molecule has 0 fully saturated rings. The van der Waals surface area contributed by atoms with Crippen LogP contribution in [-0.2, 0) is 0 Å². The lowest BCUT2D eigenvalue weighted by Gasteiger charge is -2.19. The first kappa shape index (κ1) is 14.7. The lowest BCUT2D eigenvalue weighted by Crippen LogP contribution is -2.30. The van der Waals surface area contributed by atoms with Crippen LogP contribution >= 0.6 is 11.6 Å². The molecule has 0 spiro atoms. The smallest absolute Gasteiger partial charge is 0.266 e. The van der Waals surface area contributed by atoms with Crippen molar-refractivity contribution in [3.63, 3.8) is 0 Å². The second-order valence-corrected chi connectivity index (χ2v) is 5.97. The number of anilines is 1. The van der Waals surface area contributed by atoms with E-state index in [0.717, 1.165) is 10.5 Å². The monoisotopic (exact) mass is 337 g/mol. The summed E-state index contributed by atoms with van der Waals surface area (Å²) in [6.07, 6.45) is 3.48. The standard InChI is InChI=1S/C18H12ClN3O2/c1-11-9-20-21(10-11)16-14(19)7-4-8-15(16)22-17(23)12-5-2-3-6-13(12)18(22)24/h2-10H,1H3. The number of carbonyl (C=O) groups excluding carboxylic acids is 2. The molecule has 0 radical (unpaired) electrons. The zero-order chi connectivity index (χ0) is 16.8. The number of hydrogen-bond donors (Lipinski definition) is 0. The Hall–Kier alpha value is -2.92. The summed E-state index contributed by atoms with van der Waals surface area (Å²) in [5.41, 5.74) is 2.65. The summed E-state index contributed by atoms with van der Waals surface area (Å²) in [4.78, 5) is 26.6. The number of fused-ring (bicyclic) bond motifs is 1. The SMILES string of the molecule is Cc1cnn(-c2c(Cl)cccc2N2C(=O)c3ccccc3C2=O)c1. The molecule has 1 aromatic heterocycles. The molecular formula is C18H12ClN3O2. The Bertz CT molecular complexity index is 958. The maximum absolute atomic E-state index is 12.7. The molecule has 3 aromatic rings. The minimum atomic E-state index is -0.358. The fourth-order valence-corrected chi connectivity index (χ4v) is 3.11. The second kappa shape index (κ2) is 5.32. The number of hydrogen-bond acceptors (Lipinski definition) is 3. The molecule has 6 heteroatoms. The van der Waals surface area contributed by atoms with Crippen LogP contribution in [0.2, 0.25) is 5.02 Å². The molecule has 0 N–H and O–H groups in total. The number of aromatic nitrogens is 2. The molecule has 0 atom stereocenters. The van der Waals surface area contributed by atoms with Gasteiger partial charge in [-0.15, -0.1) is 0 Å². The van der Waals surface area contributed by atoms with Gasteiger partial charge in [0.1, 0.15) is 5.69 Å². The molecule has 2 aromatic carbocycles. The van der Waals surface area contributed by atoms with E-state index in [1.54, 1.807) is 59.5 Å². The maximum Gasteiger partial charge on any atom is 0.266 e. The molecular weight excluding hydrogens is 326 g/mol. The highest BCUT2D eigenvalue weighted by Gasteiger charge is 2.38. The van der Waals surface area contributed by atoms with Crippen LogP contribution in [0.1, 0.15) is 26.3 Å². The van der Waals surface area contributed by atoms with Gasteiger partial charge in [0, 0.05) is 6.20 Å². The molecule has 24 heavy (non-hydrogen) atoms. The summed E-state index contributed by atoms with van der Waals surface area (Å²) in [6.45, 7) is 1.90. The molecule has 0 saturated carbocycles. The first-order valence-electron chi connectivity index (χ1n) is 7.36. The molecule has 2 heterocycles. The lowest BCUT2D eigenvalue weighted by molar-refractivity contribution is 0.0926. The van der Waals surface area contributed by atoms with Crippen LogP contribution in [0.4, 0.5) is 5.69 Å². The molecule has 0 unspecified atom stereocenters. The Morgan fingerprint density at radius 1 is 0.958 bits per heavy atom. The van der Waals surface area contributed by atoms with Crippen molar-refractivity contribution >= 4 is 29.1 Å². The molecule has 1 aliphatic rings. The third kappa shape index (κ3) is 2.06. The van der Waals surface area contributed by atoms with Crippen molar-refractivity contribution in [1.82, 2.24) is 9.78 Å². The summed E-state index contributed by atoms with van der Waals surface area (Å²) < 4.78 is 1.58. The third-order valence-electron chi connectivity index (χ3n) is 3.94. The number of imide groups is 1. The Kier molecular flexibility index (Phi) is 3.25. The summed E-state index contributed by atoms with van der Waals surface area (Å²) in [5.74, 6) is -0.717. The Morgan fingerprint density at radius 2 is 1.62 bits per heavy atom. The van der Waals surface area contributed by atoms with E-state index in [1.165, 1.54) is 0 Å². The van der Waals surface area contributed by atoms with Gasteiger partial charge in [0.25, 0.3) is 11.8 Å². The Balaban J connectivity index is 1.92. The van der Waals surface area contributed by atoms with Crippen LogP contribution in [0.25, 0.3) is 5.69 Å². The van der Waals surface area contributed by atoms with E-state index < -0.39 is 0 Å². The zero-order valence-corrected chi connectivity index (χ0v) is 13.5. The van der Waals surface area contributed by atoms with Crippen LogP contribution in [0.3, 0.4) is 0 Å². The number of halogens is 1. The molecule has 5 nitrogen and oxygen atoms in total. The van der Waals surface area contributed by atoms with Crippen LogP contribution in [0, 0.1) is 6.92 Å². The summed E-state index contributed by atoms with van der Waals surface area (Å²) in [6, 6.07) is 11.9. The van der Waals surface area contributed by atoms with Crippen molar-refractivity contribution in [3.8, 4) is 5.69 Å². The number of para-hydroxylation sites is 1. The zero-order valence-electron chi connectivity index (χ0n) is 12.7. The van der Waals surface area contributed by atoms with Crippen molar-refractivity contribution in [2.75, 3.05) is 4.90 Å². The minimum absolute atomic E-state index is 0.358. The predicted molar refractivity (Wildman–Crippen MR) is 90.9 cm³/mol. The van der Waals surface area contributed by atoms with Gasteiger partial charge in [0.2, 0.25) is 0 Å².